The fourth-order valence-corrected chi connectivity index (χ4v) is 1.37. The largest absolute Gasteiger partial charge is 0.310 e. The summed E-state index contributed by atoms with van der Waals surface area (Å²) in [7, 11) is 0. The van der Waals surface area contributed by atoms with Gasteiger partial charge in [-0.2, -0.15) is 0 Å². The van der Waals surface area contributed by atoms with E-state index in [2.05, 4.69) is 13.8 Å². The smallest absolute Gasteiger partial charge is 0.00890 e. The summed E-state index contributed by atoms with van der Waals surface area (Å²) in [6.07, 6.45) is 6.27. The lowest BCUT2D eigenvalue weighted by Gasteiger charge is -2.11. The summed E-state index contributed by atoms with van der Waals surface area (Å²) in [5, 5.41) is 7.49. The lowest BCUT2D eigenvalue weighted by molar-refractivity contribution is 0.548. The van der Waals surface area contributed by atoms with Gasteiger partial charge in [-0.15, -0.1) is 0 Å². The third-order valence-corrected chi connectivity index (χ3v) is 2.26. The first-order chi connectivity index (χ1) is 5.22. The molecule has 0 unspecified atom stereocenters. The van der Waals surface area contributed by atoms with Crippen molar-refractivity contribution in [2.75, 3.05) is 0 Å². The van der Waals surface area contributed by atoms with Gasteiger partial charge in [0.05, 0.1) is 0 Å². The van der Waals surface area contributed by atoms with Crippen LogP contribution in [0.2, 0.25) is 0 Å². The highest BCUT2D eigenvalue weighted by atomic mass is 14.4. The van der Waals surface area contributed by atoms with E-state index in [0.717, 1.165) is 12.1 Å². The fourth-order valence-electron chi connectivity index (χ4n) is 1.37. The van der Waals surface area contributed by atoms with Crippen LogP contribution < -0.4 is 0 Å². The van der Waals surface area contributed by atoms with E-state index in [1.54, 1.807) is 0 Å². The van der Waals surface area contributed by atoms with Crippen LogP contribution in [0.5, 0.6) is 0 Å². The molecule has 0 saturated carbocycles. The number of rotatable bonds is 6. The summed E-state index contributed by atoms with van der Waals surface area (Å²) in [4.78, 5) is 0. The molecule has 0 radical (unpaired) electrons. The monoisotopic (exact) mass is 155 g/mol. The molecular weight excluding hydrogens is 134 g/mol. The van der Waals surface area contributed by atoms with Gasteiger partial charge in [0.1, 0.15) is 0 Å². The quantitative estimate of drug-likeness (QED) is 0.447. The Hall–Kier alpha value is -0.330. The number of hydrogen-bond acceptors (Lipinski definition) is 1. The van der Waals surface area contributed by atoms with Crippen molar-refractivity contribution in [2.45, 2.75) is 52.9 Å². The Morgan fingerprint density at radius 1 is 1.27 bits per heavy atom. The Morgan fingerprint density at radius 2 is 1.91 bits per heavy atom. The summed E-state index contributed by atoms with van der Waals surface area (Å²) in [5.41, 5.74) is 0.864. The number of hydrogen-bond donors (Lipinski definition) is 1. The van der Waals surface area contributed by atoms with E-state index < -0.39 is 0 Å². The van der Waals surface area contributed by atoms with E-state index in [1.165, 1.54) is 25.7 Å². The Kier molecular flexibility index (Phi) is 6.19. The zero-order valence-corrected chi connectivity index (χ0v) is 8.11. The Morgan fingerprint density at radius 3 is 2.27 bits per heavy atom. The molecule has 0 spiro atoms. The van der Waals surface area contributed by atoms with Gasteiger partial charge in [0.2, 0.25) is 0 Å². The van der Waals surface area contributed by atoms with Gasteiger partial charge >= 0.3 is 0 Å². The first-order valence-corrected chi connectivity index (χ1v) is 4.77. The van der Waals surface area contributed by atoms with E-state index in [0.29, 0.717) is 5.92 Å². The summed E-state index contributed by atoms with van der Waals surface area (Å²) in [6, 6.07) is 0. The summed E-state index contributed by atoms with van der Waals surface area (Å²) < 4.78 is 0. The normalized spacial score (nSPS) is 13.0. The lowest BCUT2D eigenvalue weighted by Crippen LogP contribution is -2.08. The molecule has 0 amide bonds. The molecule has 1 nitrogen and oxygen atoms in total. The van der Waals surface area contributed by atoms with E-state index >= 15 is 0 Å². The predicted molar refractivity (Wildman–Crippen MR) is 51.3 cm³/mol. The second-order valence-electron chi connectivity index (χ2n) is 3.28. The van der Waals surface area contributed by atoms with Gasteiger partial charge in [0, 0.05) is 5.71 Å². The van der Waals surface area contributed by atoms with Crippen LogP contribution in [-0.2, 0) is 0 Å². The molecule has 0 aliphatic carbocycles. The van der Waals surface area contributed by atoms with Crippen LogP contribution in [0.25, 0.3) is 0 Å². The van der Waals surface area contributed by atoms with Crippen molar-refractivity contribution in [3.05, 3.63) is 0 Å². The minimum atomic E-state index is 0.557. The number of nitrogens with one attached hydrogen (secondary N) is 1. The Bertz CT molecular complexity index is 107. The first-order valence-electron chi connectivity index (χ1n) is 4.77. The van der Waals surface area contributed by atoms with Crippen LogP contribution >= 0.6 is 0 Å². The predicted octanol–water partition coefficient (Wildman–Crippen LogP) is 3.63. The van der Waals surface area contributed by atoms with Crippen molar-refractivity contribution in [3.63, 3.8) is 0 Å². The highest BCUT2D eigenvalue weighted by Gasteiger charge is 2.06. The minimum absolute atomic E-state index is 0.557. The Labute approximate surface area is 70.7 Å². The van der Waals surface area contributed by atoms with Crippen LogP contribution in [0.15, 0.2) is 0 Å². The second-order valence-corrected chi connectivity index (χ2v) is 3.28. The van der Waals surface area contributed by atoms with E-state index in [9.17, 15) is 0 Å². The second kappa shape index (κ2) is 6.38. The average molecular weight is 155 g/mol. The molecule has 0 heterocycles. The van der Waals surface area contributed by atoms with Gasteiger partial charge < -0.3 is 5.41 Å². The van der Waals surface area contributed by atoms with Crippen LogP contribution in [0.4, 0.5) is 0 Å². The zero-order chi connectivity index (χ0) is 8.69. The molecule has 0 aliphatic heterocycles. The van der Waals surface area contributed by atoms with Crippen LogP contribution in [-0.4, -0.2) is 5.71 Å². The van der Waals surface area contributed by atoms with Crippen molar-refractivity contribution in [3.8, 4) is 0 Å². The molecule has 0 aromatic rings. The fraction of sp³-hybridized carbons (Fsp3) is 0.900. The molecule has 1 N–H and O–H groups in total. The third-order valence-electron chi connectivity index (χ3n) is 2.26. The molecule has 0 saturated heterocycles. The molecule has 0 rings (SSSR count). The van der Waals surface area contributed by atoms with Crippen molar-refractivity contribution in [1.29, 1.82) is 5.41 Å². The highest BCUT2D eigenvalue weighted by molar-refractivity contribution is 5.81. The van der Waals surface area contributed by atoms with Crippen molar-refractivity contribution in [2.24, 2.45) is 5.92 Å². The lowest BCUT2D eigenvalue weighted by atomic mass is 9.95. The molecule has 11 heavy (non-hydrogen) atoms. The van der Waals surface area contributed by atoms with Crippen LogP contribution in [0.1, 0.15) is 52.9 Å². The maximum absolute atomic E-state index is 7.49. The summed E-state index contributed by atoms with van der Waals surface area (Å²) in [6.45, 7) is 6.33. The summed E-state index contributed by atoms with van der Waals surface area (Å²) in [5.74, 6) is 0.557. The zero-order valence-electron chi connectivity index (χ0n) is 8.11. The maximum Gasteiger partial charge on any atom is 0.00890 e. The highest BCUT2D eigenvalue weighted by Crippen LogP contribution is 2.14. The summed E-state index contributed by atoms with van der Waals surface area (Å²) >= 11 is 0. The van der Waals surface area contributed by atoms with Gasteiger partial charge in [-0.3, -0.25) is 0 Å². The maximum atomic E-state index is 7.49. The average Bonchev–Trinajstić information content (AvgIpc) is 1.97. The molecule has 1 heteroatoms. The van der Waals surface area contributed by atoms with E-state index in [4.69, 9.17) is 5.41 Å². The Balaban J connectivity index is 3.44. The molecular formula is C10H21N. The standard InChI is InChI=1S/C10H21N/c1-4-6-7-8-10(5-2)9(3)11/h10-11H,4-8H2,1-3H3/t10-/m0/s1. The molecule has 1 atom stereocenters. The van der Waals surface area contributed by atoms with E-state index in [-0.39, 0.29) is 0 Å². The SMILES string of the molecule is CCCCC[C@H](CC)C(C)=N. The van der Waals surface area contributed by atoms with Gasteiger partial charge in [0.25, 0.3) is 0 Å². The van der Waals surface area contributed by atoms with Crippen LogP contribution in [0, 0.1) is 11.3 Å². The van der Waals surface area contributed by atoms with Gasteiger partial charge in [-0.1, -0.05) is 33.1 Å². The number of unbranched alkanes of at least 4 members (excludes halogenated alkanes) is 2. The molecule has 66 valence electrons. The molecule has 0 bridgehead atoms. The van der Waals surface area contributed by atoms with Gasteiger partial charge in [0.15, 0.2) is 0 Å². The van der Waals surface area contributed by atoms with E-state index in [1.807, 2.05) is 6.92 Å². The molecule has 0 fully saturated rings. The van der Waals surface area contributed by atoms with Gasteiger partial charge in [-0.25, -0.2) is 0 Å². The van der Waals surface area contributed by atoms with Crippen molar-refractivity contribution >= 4 is 5.71 Å². The van der Waals surface area contributed by atoms with Crippen molar-refractivity contribution in [1.82, 2.24) is 0 Å². The molecule has 0 aliphatic rings. The van der Waals surface area contributed by atoms with Crippen molar-refractivity contribution < 1.29 is 0 Å². The van der Waals surface area contributed by atoms with Crippen LogP contribution in [0.3, 0.4) is 0 Å². The topological polar surface area (TPSA) is 23.9 Å². The third kappa shape index (κ3) is 5.00. The first kappa shape index (κ1) is 10.7. The molecule has 0 aromatic carbocycles. The molecule has 0 aromatic heterocycles. The van der Waals surface area contributed by atoms with Gasteiger partial charge in [-0.05, 0) is 25.7 Å². The minimum Gasteiger partial charge on any atom is -0.310 e.